The number of aldehydes is 1. The lowest BCUT2D eigenvalue weighted by atomic mass is 9.44. The highest BCUT2D eigenvalue weighted by Crippen LogP contribution is 2.70. The van der Waals surface area contributed by atoms with Crippen LogP contribution in [-0.2, 0) is 33.4 Å². The van der Waals surface area contributed by atoms with Crippen molar-refractivity contribution in [2.24, 2.45) is 40.4 Å². The summed E-state index contributed by atoms with van der Waals surface area (Å²) in [6.45, 7) is 8.53. The highest BCUT2D eigenvalue weighted by atomic mass is 35.5. The summed E-state index contributed by atoms with van der Waals surface area (Å²) >= 11 is 7.06. The third-order valence-corrected chi connectivity index (χ3v) is 10.8. The Hall–Kier alpha value is -2.06. The molecule has 4 aliphatic rings. The summed E-state index contributed by atoms with van der Waals surface area (Å²) in [4.78, 5) is 62.8. The molecular formula is C29H39ClO8. The summed E-state index contributed by atoms with van der Waals surface area (Å²) < 4.78 is 11.3. The van der Waals surface area contributed by atoms with Crippen molar-refractivity contribution in [1.29, 1.82) is 0 Å². The monoisotopic (exact) mass is 550 g/mol. The van der Waals surface area contributed by atoms with Gasteiger partial charge >= 0.3 is 11.9 Å². The number of hydrogen-bond acceptors (Lipinski definition) is 8. The first-order valence-electron chi connectivity index (χ1n) is 13.7. The number of aliphatic hydroxyl groups excluding tert-OH is 1. The molecule has 3 fully saturated rings. The van der Waals surface area contributed by atoms with Crippen molar-refractivity contribution in [3.63, 3.8) is 0 Å². The second-order valence-corrected chi connectivity index (χ2v) is 12.8. The Labute approximate surface area is 228 Å². The van der Waals surface area contributed by atoms with Crippen molar-refractivity contribution in [3.8, 4) is 0 Å². The van der Waals surface area contributed by atoms with E-state index in [4.69, 9.17) is 21.1 Å². The highest BCUT2D eigenvalue weighted by Gasteiger charge is 2.74. The largest absolute Gasteiger partial charge is 0.457 e. The van der Waals surface area contributed by atoms with Crippen molar-refractivity contribution >= 4 is 41.4 Å². The van der Waals surface area contributed by atoms with Gasteiger partial charge in [-0.15, -0.1) is 11.6 Å². The molecule has 0 aliphatic heterocycles. The quantitative estimate of drug-likeness (QED) is 0.221. The van der Waals surface area contributed by atoms with Gasteiger partial charge in [-0.05, 0) is 54.9 Å². The maximum Gasteiger partial charge on any atom is 0.306 e. The van der Waals surface area contributed by atoms with Crippen LogP contribution in [0.1, 0.15) is 73.1 Å². The summed E-state index contributed by atoms with van der Waals surface area (Å²) in [5.74, 6) is -3.71. The van der Waals surface area contributed by atoms with E-state index in [-0.39, 0.29) is 42.8 Å². The lowest BCUT2D eigenvalue weighted by Gasteiger charge is -2.62. The molecule has 8 nitrogen and oxygen atoms in total. The number of ketones is 2. The highest BCUT2D eigenvalue weighted by molar-refractivity contribution is 6.21. The number of aliphatic hydroxyl groups is 1. The molecule has 210 valence electrons. The predicted octanol–water partition coefficient (Wildman–Crippen LogP) is 3.59. The summed E-state index contributed by atoms with van der Waals surface area (Å²) in [7, 11) is 0. The molecular weight excluding hydrogens is 512 g/mol. The lowest BCUT2D eigenvalue weighted by Crippen LogP contribution is -2.66. The topological polar surface area (TPSA) is 124 Å². The van der Waals surface area contributed by atoms with Crippen LogP contribution in [0.3, 0.4) is 0 Å². The lowest BCUT2D eigenvalue weighted by molar-refractivity contribution is -0.207. The molecule has 0 amide bonds. The van der Waals surface area contributed by atoms with Gasteiger partial charge < -0.3 is 19.4 Å². The van der Waals surface area contributed by atoms with Gasteiger partial charge in [-0.2, -0.15) is 0 Å². The van der Waals surface area contributed by atoms with Gasteiger partial charge in [0.15, 0.2) is 18.0 Å². The first kappa shape index (κ1) is 28.9. The summed E-state index contributed by atoms with van der Waals surface area (Å²) in [5, 5.41) is 11.4. The average Bonchev–Trinajstić information content (AvgIpc) is 3.09. The van der Waals surface area contributed by atoms with Gasteiger partial charge in [0.25, 0.3) is 0 Å². The zero-order chi connectivity index (χ0) is 28.2. The van der Waals surface area contributed by atoms with Gasteiger partial charge in [0.1, 0.15) is 6.29 Å². The van der Waals surface area contributed by atoms with Gasteiger partial charge in [-0.3, -0.25) is 19.2 Å². The molecule has 0 heterocycles. The van der Waals surface area contributed by atoms with E-state index in [1.807, 2.05) is 20.8 Å². The van der Waals surface area contributed by atoms with Crippen LogP contribution in [0.2, 0.25) is 0 Å². The van der Waals surface area contributed by atoms with Crippen LogP contribution in [-0.4, -0.2) is 58.6 Å². The minimum atomic E-state index is -1.59. The number of ether oxygens (including phenoxy) is 2. The standard InChI is InChI=1S/C29H39ClO8/c1-6-23(35)37-14-22(34)29(38-24(36)7-2)15(3)8-18-25-19(30)9-17-10-20(32)16(13-31)11-27(17,4)26(25)21(33)12-28(18,29)5/h10,13,15-16,18-19,21,25-26,33H,6-9,11-12,14H2,1-5H3/t15-,16?,18+,19-,21+,25-,26+,27+,28+,29+/m1/s1. The van der Waals surface area contributed by atoms with Crippen LogP contribution < -0.4 is 0 Å². The number of carbonyl (C=O) groups excluding carboxylic acids is 5. The SMILES string of the molecule is CCC(=O)OCC(=O)[C@@]1(OC(=O)CC)[C@H](C)C[C@H]2[C@H]3[C@H]([C@@H](O)C[C@@]21C)[C@@]1(C)CC(C=O)C(=O)C=C1C[C@H]3Cl. The van der Waals surface area contributed by atoms with E-state index in [1.165, 1.54) is 0 Å². The number of fused-ring (bicyclic) bond motifs is 5. The fourth-order valence-electron chi connectivity index (χ4n) is 8.63. The first-order valence-corrected chi connectivity index (χ1v) is 14.2. The van der Waals surface area contributed by atoms with E-state index in [1.54, 1.807) is 19.9 Å². The molecule has 0 aromatic carbocycles. The third-order valence-electron chi connectivity index (χ3n) is 10.3. The normalized spacial score (nSPS) is 43.7. The second kappa shape index (κ2) is 10.2. The van der Waals surface area contributed by atoms with E-state index in [2.05, 4.69) is 0 Å². The van der Waals surface area contributed by atoms with Crippen LogP contribution in [0, 0.1) is 40.4 Å². The van der Waals surface area contributed by atoms with Crippen LogP contribution >= 0.6 is 11.6 Å². The van der Waals surface area contributed by atoms with E-state index >= 15 is 0 Å². The average molecular weight is 551 g/mol. The molecule has 0 aromatic heterocycles. The predicted molar refractivity (Wildman–Crippen MR) is 138 cm³/mol. The Morgan fingerprint density at radius 1 is 1.16 bits per heavy atom. The third kappa shape index (κ3) is 4.09. The van der Waals surface area contributed by atoms with Crippen molar-refractivity contribution < 1.29 is 38.6 Å². The van der Waals surface area contributed by atoms with Crippen molar-refractivity contribution in [1.82, 2.24) is 0 Å². The van der Waals surface area contributed by atoms with E-state index in [0.29, 0.717) is 25.5 Å². The molecule has 10 atom stereocenters. The zero-order valence-corrected chi connectivity index (χ0v) is 23.6. The first-order chi connectivity index (χ1) is 17.8. The smallest absolute Gasteiger partial charge is 0.306 e. The number of rotatable bonds is 7. The number of alkyl halides is 1. The molecule has 0 saturated heterocycles. The Bertz CT molecular complexity index is 1070. The number of carbonyl (C=O) groups is 5. The van der Waals surface area contributed by atoms with Gasteiger partial charge in [0.05, 0.1) is 12.0 Å². The number of allylic oxidation sites excluding steroid dienone is 1. The number of Topliss-reactive ketones (excluding diaryl/α,β-unsaturated/α-hetero) is 1. The number of esters is 2. The maximum atomic E-state index is 13.9. The fourth-order valence-corrected chi connectivity index (χ4v) is 9.13. The van der Waals surface area contributed by atoms with E-state index in [9.17, 15) is 29.1 Å². The second-order valence-electron chi connectivity index (χ2n) is 12.2. The Balaban J connectivity index is 1.80. The molecule has 3 saturated carbocycles. The molecule has 1 unspecified atom stereocenters. The van der Waals surface area contributed by atoms with Crippen molar-refractivity contribution in [2.45, 2.75) is 90.2 Å². The van der Waals surface area contributed by atoms with Crippen LogP contribution in [0.5, 0.6) is 0 Å². The van der Waals surface area contributed by atoms with Gasteiger partial charge in [-0.1, -0.05) is 40.2 Å². The van der Waals surface area contributed by atoms with Gasteiger partial charge in [0.2, 0.25) is 5.78 Å². The maximum absolute atomic E-state index is 13.9. The molecule has 0 bridgehead atoms. The molecule has 38 heavy (non-hydrogen) atoms. The molecule has 4 aliphatic carbocycles. The summed E-state index contributed by atoms with van der Waals surface area (Å²) in [5.41, 5.74) is -2.30. The molecule has 0 spiro atoms. The fraction of sp³-hybridized carbons (Fsp3) is 0.759. The van der Waals surface area contributed by atoms with Crippen molar-refractivity contribution in [2.75, 3.05) is 6.61 Å². The van der Waals surface area contributed by atoms with Gasteiger partial charge in [-0.25, -0.2) is 0 Å². The summed E-state index contributed by atoms with van der Waals surface area (Å²) in [6.07, 6.45) is 2.93. The van der Waals surface area contributed by atoms with Crippen LogP contribution in [0.25, 0.3) is 0 Å². The summed E-state index contributed by atoms with van der Waals surface area (Å²) in [6, 6.07) is 0. The van der Waals surface area contributed by atoms with E-state index in [0.717, 1.165) is 5.57 Å². The Morgan fingerprint density at radius 2 is 1.82 bits per heavy atom. The molecule has 1 N–H and O–H groups in total. The zero-order valence-electron chi connectivity index (χ0n) is 22.8. The number of hydrogen-bond donors (Lipinski definition) is 1. The minimum Gasteiger partial charge on any atom is -0.457 e. The molecule has 4 rings (SSSR count). The van der Waals surface area contributed by atoms with Gasteiger partial charge in [0, 0.05) is 29.6 Å². The van der Waals surface area contributed by atoms with Crippen LogP contribution in [0.4, 0.5) is 0 Å². The minimum absolute atomic E-state index is 0.0668. The van der Waals surface area contributed by atoms with E-state index < -0.39 is 64.1 Å². The Kier molecular flexibility index (Phi) is 7.74. The van der Waals surface area contributed by atoms with Crippen molar-refractivity contribution in [3.05, 3.63) is 11.6 Å². The Morgan fingerprint density at radius 3 is 2.42 bits per heavy atom. The molecule has 0 aromatic rings. The number of halogens is 1. The molecule has 0 radical (unpaired) electrons. The molecule has 9 heteroatoms. The van der Waals surface area contributed by atoms with Crippen LogP contribution in [0.15, 0.2) is 11.6 Å².